The van der Waals surface area contributed by atoms with E-state index >= 15 is 0 Å². The Labute approximate surface area is 127 Å². The zero-order valence-electron chi connectivity index (χ0n) is 11.5. The topological polar surface area (TPSA) is 37.6 Å². The van der Waals surface area contributed by atoms with Crippen LogP contribution in [0.5, 0.6) is 0 Å². The minimum Gasteiger partial charge on any atom is -0.336 e. The second-order valence-electron chi connectivity index (χ2n) is 4.84. The number of halogens is 1. The van der Waals surface area contributed by atoms with Crippen molar-refractivity contribution in [2.75, 3.05) is 7.05 Å². The van der Waals surface area contributed by atoms with Gasteiger partial charge in [0.2, 0.25) is 0 Å². The maximum Gasteiger partial charge on any atom is 0.275 e. The maximum atomic E-state index is 12.5. The van der Waals surface area contributed by atoms with Gasteiger partial charge in [-0.25, -0.2) is 4.52 Å². The van der Waals surface area contributed by atoms with E-state index in [0.717, 1.165) is 11.1 Å². The Morgan fingerprint density at radius 1 is 1.19 bits per heavy atom. The molecule has 0 radical (unpaired) electrons. The van der Waals surface area contributed by atoms with Crippen LogP contribution in [0.4, 0.5) is 0 Å². The van der Waals surface area contributed by atoms with Crippen LogP contribution in [0.2, 0.25) is 5.02 Å². The van der Waals surface area contributed by atoms with E-state index in [4.69, 9.17) is 11.6 Å². The Bertz CT molecular complexity index is 783. The molecule has 0 bridgehead atoms. The predicted molar refractivity (Wildman–Crippen MR) is 82.4 cm³/mol. The van der Waals surface area contributed by atoms with Gasteiger partial charge in [-0.3, -0.25) is 4.79 Å². The van der Waals surface area contributed by atoms with Crippen molar-refractivity contribution in [2.24, 2.45) is 0 Å². The number of hydrogen-bond acceptors (Lipinski definition) is 2. The second-order valence-corrected chi connectivity index (χ2v) is 5.22. The average Bonchev–Trinajstić information content (AvgIpc) is 2.85. The minimum absolute atomic E-state index is 0.187. The van der Waals surface area contributed by atoms with Crippen LogP contribution in [0.25, 0.3) is 5.52 Å². The molecule has 0 saturated heterocycles. The highest BCUT2D eigenvalue weighted by Gasteiger charge is 2.21. The molecule has 5 heteroatoms. The number of carbonyl (C=O) groups excluding carboxylic acids is 1. The van der Waals surface area contributed by atoms with E-state index in [1.54, 1.807) is 22.7 Å². The number of aromatic nitrogens is 2. The SMILES string of the molecule is CN(Cc1ccccc1)C(=O)c1nn2ccccc2c1Cl. The van der Waals surface area contributed by atoms with Crippen molar-refractivity contribution in [2.45, 2.75) is 6.54 Å². The molecule has 1 amide bonds. The third kappa shape index (κ3) is 2.62. The summed E-state index contributed by atoms with van der Waals surface area (Å²) in [7, 11) is 1.75. The van der Waals surface area contributed by atoms with E-state index in [1.165, 1.54) is 0 Å². The van der Waals surface area contributed by atoms with Crippen molar-refractivity contribution in [3.8, 4) is 0 Å². The van der Waals surface area contributed by atoms with Gasteiger partial charge in [0.25, 0.3) is 5.91 Å². The molecule has 0 spiro atoms. The fraction of sp³-hybridized carbons (Fsp3) is 0.125. The first-order valence-corrected chi connectivity index (χ1v) is 6.97. The van der Waals surface area contributed by atoms with E-state index in [-0.39, 0.29) is 11.6 Å². The molecule has 0 saturated carbocycles. The van der Waals surface area contributed by atoms with Crippen molar-refractivity contribution < 1.29 is 4.79 Å². The van der Waals surface area contributed by atoms with Crippen molar-refractivity contribution in [1.29, 1.82) is 0 Å². The highest BCUT2D eigenvalue weighted by molar-refractivity contribution is 6.36. The lowest BCUT2D eigenvalue weighted by Gasteiger charge is -2.16. The fourth-order valence-electron chi connectivity index (χ4n) is 2.21. The van der Waals surface area contributed by atoms with E-state index in [9.17, 15) is 4.79 Å². The number of hydrogen-bond donors (Lipinski definition) is 0. The van der Waals surface area contributed by atoms with Crippen LogP contribution in [0.15, 0.2) is 54.7 Å². The number of amides is 1. The van der Waals surface area contributed by atoms with Gasteiger partial charge in [-0.1, -0.05) is 48.0 Å². The molecule has 0 unspecified atom stereocenters. The van der Waals surface area contributed by atoms with Crippen LogP contribution in [-0.2, 0) is 6.54 Å². The molecule has 0 aliphatic heterocycles. The normalized spacial score (nSPS) is 10.8. The summed E-state index contributed by atoms with van der Waals surface area (Å²) in [5, 5.41) is 4.66. The molecule has 0 fully saturated rings. The van der Waals surface area contributed by atoms with Gasteiger partial charge >= 0.3 is 0 Å². The van der Waals surface area contributed by atoms with Crippen LogP contribution in [-0.4, -0.2) is 27.5 Å². The van der Waals surface area contributed by atoms with Crippen molar-refractivity contribution in [3.63, 3.8) is 0 Å². The monoisotopic (exact) mass is 299 g/mol. The predicted octanol–water partition coefficient (Wildman–Crippen LogP) is 3.26. The Morgan fingerprint density at radius 2 is 1.90 bits per heavy atom. The second kappa shape index (κ2) is 5.58. The summed E-state index contributed by atoms with van der Waals surface area (Å²) >= 11 is 6.27. The third-order valence-corrected chi connectivity index (χ3v) is 3.66. The third-order valence-electron chi connectivity index (χ3n) is 3.29. The standard InChI is InChI=1S/C16H14ClN3O/c1-19(11-12-7-3-2-4-8-12)16(21)15-14(17)13-9-5-6-10-20(13)18-15/h2-10H,11H2,1H3. The molecule has 2 aromatic heterocycles. The average molecular weight is 300 g/mol. The molecule has 1 aromatic carbocycles. The summed E-state index contributed by atoms with van der Waals surface area (Å²) in [5.41, 5.74) is 2.07. The lowest BCUT2D eigenvalue weighted by atomic mass is 10.2. The van der Waals surface area contributed by atoms with E-state index in [2.05, 4.69) is 5.10 Å². The van der Waals surface area contributed by atoms with Gasteiger partial charge in [-0.05, 0) is 17.7 Å². The van der Waals surface area contributed by atoms with E-state index < -0.39 is 0 Å². The quantitative estimate of drug-likeness (QED) is 0.744. The lowest BCUT2D eigenvalue weighted by Crippen LogP contribution is -2.26. The summed E-state index contributed by atoms with van der Waals surface area (Å²) in [4.78, 5) is 14.1. The summed E-state index contributed by atoms with van der Waals surface area (Å²) in [6.07, 6.45) is 1.77. The minimum atomic E-state index is -0.187. The van der Waals surface area contributed by atoms with Gasteiger partial charge in [0, 0.05) is 19.8 Å². The van der Waals surface area contributed by atoms with Crippen molar-refractivity contribution in [1.82, 2.24) is 14.5 Å². The number of nitrogens with zero attached hydrogens (tertiary/aromatic N) is 3. The zero-order chi connectivity index (χ0) is 14.8. The number of fused-ring (bicyclic) bond motifs is 1. The summed E-state index contributed by atoms with van der Waals surface area (Å²) < 4.78 is 1.62. The van der Waals surface area contributed by atoms with E-state index in [0.29, 0.717) is 11.6 Å². The smallest absolute Gasteiger partial charge is 0.275 e. The number of pyridine rings is 1. The van der Waals surface area contributed by atoms with Crippen LogP contribution in [0.1, 0.15) is 16.1 Å². The van der Waals surface area contributed by atoms with Crippen molar-refractivity contribution >= 4 is 23.0 Å². The highest BCUT2D eigenvalue weighted by Crippen LogP contribution is 2.23. The molecule has 106 valence electrons. The first-order chi connectivity index (χ1) is 10.2. The van der Waals surface area contributed by atoms with Gasteiger partial charge in [-0.2, -0.15) is 5.10 Å². The summed E-state index contributed by atoms with van der Waals surface area (Å²) in [5.74, 6) is -0.187. The molecule has 3 aromatic rings. The molecular weight excluding hydrogens is 286 g/mol. The summed E-state index contributed by atoms with van der Waals surface area (Å²) in [6.45, 7) is 0.518. The molecule has 3 rings (SSSR count). The van der Waals surface area contributed by atoms with Gasteiger partial charge in [-0.15, -0.1) is 0 Å². The molecule has 0 atom stereocenters. The van der Waals surface area contributed by atoms with Crippen LogP contribution in [0.3, 0.4) is 0 Å². The molecule has 0 N–H and O–H groups in total. The molecular formula is C16H14ClN3O. The highest BCUT2D eigenvalue weighted by atomic mass is 35.5. The van der Waals surface area contributed by atoms with Crippen LogP contribution < -0.4 is 0 Å². The Balaban J connectivity index is 1.88. The number of benzene rings is 1. The van der Waals surface area contributed by atoms with Gasteiger partial charge in [0.15, 0.2) is 5.69 Å². The van der Waals surface area contributed by atoms with Crippen LogP contribution >= 0.6 is 11.6 Å². The lowest BCUT2D eigenvalue weighted by molar-refractivity contribution is 0.0779. The molecule has 21 heavy (non-hydrogen) atoms. The first-order valence-electron chi connectivity index (χ1n) is 6.59. The Hall–Kier alpha value is -2.33. The van der Waals surface area contributed by atoms with Crippen LogP contribution in [0, 0.1) is 0 Å². The van der Waals surface area contributed by atoms with Gasteiger partial charge in [0.05, 0.1) is 10.5 Å². The Morgan fingerprint density at radius 3 is 2.62 bits per heavy atom. The van der Waals surface area contributed by atoms with Crippen molar-refractivity contribution in [3.05, 3.63) is 71.0 Å². The van der Waals surface area contributed by atoms with Gasteiger partial charge in [0.1, 0.15) is 0 Å². The fourth-order valence-corrected chi connectivity index (χ4v) is 2.48. The largest absolute Gasteiger partial charge is 0.336 e. The summed E-state index contributed by atoms with van der Waals surface area (Å²) in [6, 6.07) is 15.4. The Kier molecular flexibility index (Phi) is 3.62. The van der Waals surface area contributed by atoms with E-state index in [1.807, 2.05) is 48.5 Å². The molecule has 4 nitrogen and oxygen atoms in total. The molecule has 2 heterocycles. The number of rotatable bonds is 3. The van der Waals surface area contributed by atoms with Gasteiger partial charge < -0.3 is 4.90 Å². The number of carbonyl (C=O) groups is 1. The molecule has 0 aliphatic carbocycles. The first kappa shape index (κ1) is 13.6. The molecule has 0 aliphatic rings. The zero-order valence-corrected chi connectivity index (χ0v) is 12.3. The maximum absolute atomic E-state index is 12.5.